The summed E-state index contributed by atoms with van der Waals surface area (Å²) in [7, 11) is 0. The molecule has 1 unspecified atom stereocenters. The number of halogens is 3. The maximum absolute atomic E-state index is 6.17. The van der Waals surface area contributed by atoms with Crippen LogP contribution in [0.2, 0.25) is 15.1 Å². The Morgan fingerprint density at radius 3 is 2.44 bits per heavy atom. The molecule has 3 nitrogen and oxygen atoms in total. The molecule has 0 N–H and O–H groups in total. The zero-order valence-corrected chi connectivity index (χ0v) is 16.2. The van der Waals surface area contributed by atoms with E-state index in [1.54, 1.807) is 12.1 Å². The summed E-state index contributed by atoms with van der Waals surface area (Å²) in [4.78, 5) is 2.34. The standard InChI is InChI=1S/C19H20Cl3NO2/c1-19(25-15-4-2-14(20)3-5-15)8-9-23(13-19)10-11-24-16-6-7-17(21)18(22)12-16/h2-7,12H,8-11,13H2,1H3. The topological polar surface area (TPSA) is 21.7 Å². The molecule has 1 fully saturated rings. The highest BCUT2D eigenvalue weighted by molar-refractivity contribution is 6.42. The lowest BCUT2D eigenvalue weighted by Crippen LogP contribution is -2.37. The van der Waals surface area contributed by atoms with E-state index in [1.165, 1.54) is 0 Å². The van der Waals surface area contributed by atoms with Crippen molar-refractivity contribution in [2.45, 2.75) is 18.9 Å². The molecule has 1 atom stereocenters. The molecule has 0 radical (unpaired) electrons. The lowest BCUT2D eigenvalue weighted by Gasteiger charge is -2.26. The van der Waals surface area contributed by atoms with E-state index in [2.05, 4.69) is 11.8 Å². The number of nitrogens with zero attached hydrogens (tertiary/aromatic N) is 1. The Hall–Kier alpha value is -1.13. The Kier molecular flexibility index (Phi) is 6.00. The summed E-state index contributed by atoms with van der Waals surface area (Å²) >= 11 is 17.8. The number of rotatable bonds is 6. The van der Waals surface area contributed by atoms with Gasteiger partial charge in [-0.2, -0.15) is 0 Å². The summed E-state index contributed by atoms with van der Waals surface area (Å²) in [5.74, 6) is 1.58. The van der Waals surface area contributed by atoms with Crippen molar-refractivity contribution in [2.24, 2.45) is 0 Å². The van der Waals surface area contributed by atoms with Gasteiger partial charge in [0.05, 0.1) is 10.0 Å². The van der Waals surface area contributed by atoms with Gasteiger partial charge in [0, 0.05) is 37.1 Å². The van der Waals surface area contributed by atoms with Gasteiger partial charge in [0.1, 0.15) is 23.7 Å². The van der Waals surface area contributed by atoms with Crippen molar-refractivity contribution in [3.05, 3.63) is 57.5 Å². The monoisotopic (exact) mass is 399 g/mol. The lowest BCUT2D eigenvalue weighted by molar-refractivity contribution is 0.0935. The molecule has 0 spiro atoms. The fraction of sp³-hybridized carbons (Fsp3) is 0.368. The van der Waals surface area contributed by atoms with Crippen LogP contribution >= 0.6 is 34.8 Å². The normalized spacial score (nSPS) is 20.6. The van der Waals surface area contributed by atoms with Crippen LogP contribution in [0.3, 0.4) is 0 Å². The SMILES string of the molecule is CC1(Oc2ccc(Cl)cc2)CCN(CCOc2ccc(Cl)c(Cl)c2)C1. The van der Waals surface area contributed by atoms with Gasteiger partial charge in [-0.05, 0) is 43.3 Å². The van der Waals surface area contributed by atoms with Crippen molar-refractivity contribution in [1.29, 1.82) is 0 Å². The number of hydrogen-bond donors (Lipinski definition) is 0. The Morgan fingerprint density at radius 2 is 1.72 bits per heavy atom. The number of likely N-dealkylation sites (tertiary alicyclic amines) is 1. The average Bonchev–Trinajstić information content (AvgIpc) is 2.94. The predicted molar refractivity (Wildman–Crippen MR) is 103 cm³/mol. The molecule has 0 amide bonds. The maximum Gasteiger partial charge on any atom is 0.120 e. The second kappa shape index (κ2) is 8.05. The molecular formula is C19H20Cl3NO2. The summed E-state index contributed by atoms with van der Waals surface area (Å²) < 4.78 is 11.9. The van der Waals surface area contributed by atoms with Gasteiger partial charge < -0.3 is 9.47 Å². The second-order valence-corrected chi connectivity index (χ2v) is 7.71. The Labute approximate surface area is 163 Å². The van der Waals surface area contributed by atoms with Crippen molar-refractivity contribution in [2.75, 3.05) is 26.2 Å². The van der Waals surface area contributed by atoms with Crippen LogP contribution in [0.25, 0.3) is 0 Å². The molecule has 3 rings (SSSR count). The number of benzene rings is 2. The third-order valence-corrected chi connectivity index (χ3v) is 5.25. The lowest BCUT2D eigenvalue weighted by atomic mass is 10.1. The third-order valence-electron chi connectivity index (χ3n) is 4.26. The summed E-state index contributed by atoms with van der Waals surface area (Å²) in [6, 6.07) is 12.8. The van der Waals surface area contributed by atoms with Crippen LogP contribution in [0.5, 0.6) is 11.5 Å². The quantitative estimate of drug-likeness (QED) is 0.633. The third kappa shape index (κ3) is 5.18. The number of hydrogen-bond acceptors (Lipinski definition) is 3. The van der Waals surface area contributed by atoms with Crippen LogP contribution in [0, 0.1) is 0 Å². The molecular weight excluding hydrogens is 381 g/mol. The van der Waals surface area contributed by atoms with Crippen LogP contribution < -0.4 is 9.47 Å². The largest absolute Gasteiger partial charge is 0.492 e. The second-order valence-electron chi connectivity index (χ2n) is 6.46. The molecule has 2 aromatic rings. The van der Waals surface area contributed by atoms with E-state index in [-0.39, 0.29) is 5.60 Å². The minimum Gasteiger partial charge on any atom is -0.492 e. The first-order chi connectivity index (χ1) is 11.9. The van der Waals surface area contributed by atoms with E-state index in [4.69, 9.17) is 44.3 Å². The van der Waals surface area contributed by atoms with Gasteiger partial charge in [0.25, 0.3) is 0 Å². The predicted octanol–water partition coefficient (Wildman–Crippen LogP) is 5.57. The molecule has 1 aliphatic rings. The van der Waals surface area contributed by atoms with Crippen LogP contribution in [-0.2, 0) is 0 Å². The van der Waals surface area contributed by atoms with Gasteiger partial charge in [-0.1, -0.05) is 34.8 Å². The maximum atomic E-state index is 6.17. The Balaban J connectivity index is 1.47. The van der Waals surface area contributed by atoms with Gasteiger partial charge in [0.2, 0.25) is 0 Å². The van der Waals surface area contributed by atoms with Crippen molar-refractivity contribution in [3.8, 4) is 11.5 Å². The van der Waals surface area contributed by atoms with E-state index >= 15 is 0 Å². The molecule has 1 heterocycles. The van der Waals surface area contributed by atoms with E-state index in [9.17, 15) is 0 Å². The van der Waals surface area contributed by atoms with E-state index in [0.29, 0.717) is 21.7 Å². The van der Waals surface area contributed by atoms with E-state index < -0.39 is 0 Å². The molecule has 134 valence electrons. The Bertz CT molecular complexity index is 723. The first-order valence-electron chi connectivity index (χ1n) is 8.18. The zero-order chi connectivity index (χ0) is 17.9. The zero-order valence-electron chi connectivity index (χ0n) is 14.0. The molecule has 1 saturated heterocycles. The van der Waals surface area contributed by atoms with Crippen LogP contribution in [0.1, 0.15) is 13.3 Å². The van der Waals surface area contributed by atoms with Crippen LogP contribution in [0.4, 0.5) is 0 Å². The summed E-state index contributed by atoms with van der Waals surface area (Å²) in [5.41, 5.74) is -0.197. The summed E-state index contributed by atoms with van der Waals surface area (Å²) in [6.07, 6.45) is 0.975. The molecule has 25 heavy (non-hydrogen) atoms. The van der Waals surface area contributed by atoms with Crippen molar-refractivity contribution < 1.29 is 9.47 Å². The first kappa shape index (κ1) is 18.7. The van der Waals surface area contributed by atoms with Crippen molar-refractivity contribution in [3.63, 3.8) is 0 Å². The van der Waals surface area contributed by atoms with Gasteiger partial charge in [0.15, 0.2) is 0 Å². The fourth-order valence-corrected chi connectivity index (χ4v) is 3.36. The minimum absolute atomic E-state index is 0.197. The number of ether oxygens (including phenoxy) is 2. The van der Waals surface area contributed by atoms with Crippen molar-refractivity contribution in [1.82, 2.24) is 4.90 Å². The average molecular weight is 401 g/mol. The smallest absolute Gasteiger partial charge is 0.120 e. The van der Waals surface area contributed by atoms with Gasteiger partial charge in [-0.25, -0.2) is 0 Å². The molecule has 0 saturated carbocycles. The molecule has 0 aromatic heterocycles. The molecule has 0 bridgehead atoms. The minimum atomic E-state index is -0.197. The van der Waals surface area contributed by atoms with Crippen LogP contribution in [0.15, 0.2) is 42.5 Å². The first-order valence-corrected chi connectivity index (χ1v) is 9.32. The van der Waals surface area contributed by atoms with E-state index in [1.807, 2.05) is 30.3 Å². The summed E-state index contributed by atoms with van der Waals surface area (Å²) in [5, 5.41) is 1.75. The van der Waals surface area contributed by atoms with Crippen molar-refractivity contribution >= 4 is 34.8 Å². The highest BCUT2D eigenvalue weighted by Gasteiger charge is 2.35. The molecule has 1 aliphatic heterocycles. The molecule has 0 aliphatic carbocycles. The Morgan fingerprint density at radius 1 is 1.00 bits per heavy atom. The van der Waals surface area contributed by atoms with E-state index in [0.717, 1.165) is 37.6 Å². The van der Waals surface area contributed by atoms with Gasteiger partial charge in [-0.15, -0.1) is 0 Å². The fourth-order valence-electron chi connectivity index (χ4n) is 2.95. The van der Waals surface area contributed by atoms with Gasteiger partial charge >= 0.3 is 0 Å². The summed E-state index contributed by atoms with van der Waals surface area (Å²) in [6.45, 7) is 5.41. The molecule has 6 heteroatoms. The van der Waals surface area contributed by atoms with Gasteiger partial charge in [-0.3, -0.25) is 4.90 Å². The highest BCUT2D eigenvalue weighted by atomic mass is 35.5. The highest BCUT2D eigenvalue weighted by Crippen LogP contribution is 2.29. The van der Waals surface area contributed by atoms with Crippen LogP contribution in [-0.4, -0.2) is 36.7 Å². The molecule has 2 aromatic carbocycles.